The van der Waals surface area contributed by atoms with E-state index in [0.717, 1.165) is 11.1 Å². The Hall–Kier alpha value is -1.63. The van der Waals surface area contributed by atoms with Crippen LogP contribution in [0.3, 0.4) is 0 Å². The molecule has 0 aliphatic carbocycles. The second-order valence-electron chi connectivity index (χ2n) is 2.54. The molecule has 1 aromatic carbocycles. The van der Waals surface area contributed by atoms with Crippen LogP contribution < -0.4 is 0 Å². The van der Waals surface area contributed by atoms with Gasteiger partial charge in [-0.2, -0.15) is 0 Å². The number of pyridine rings is 1. The van der Waals surface area contributed by atoms with Crippen molar-refractivity contribution in [3.8, 4) is 11.1 Å². The van der Waals surface area contributed by atoms with E-state index in [2.05, 4.69) is 4.98 Å². The lowest BCUT2D eigenvalue weighted by Gasteiger charge is -1.97. The Morgan fingerprint density at radius 2 is 1.83 bits per heavy atom. The molecule has 0 saturated carbocycles. The van der Waals surface area contributed by atoms with Crippen LogP contribution in [0.4, 0.5) is 0 Å². The number of hydrogen-bond acceptors (Lipinski definition) is 1. The van der Waals surface area contributed by atoms with Crippen molar-refractivity contribution >= 4 is 0 Å². The van der Waals surface area contributed by atoms with E-state index in [9.17, 15) is 0 Å². The maximum absolute atomic E-state index is 7.42. The molecule has 1 heterocycles. The SMILES string of the molecule is [2H]c1cncc(-c2ccccc2)c1. The lowest BCUT2D eigenvalue weighted by atomic mass is 10.1. The first-order valence-electron chi connectivity index (χ1n) is 4.33. The van der Waals surface area contributed by atoms with Gasteiger partial charge in [-0.1, -0.05) is 36.4 Å². The van der Waals surface area contributed by atoms with Crippen molar-refractivity contribution in [1.82, 2.24) is 4.98 Å². The van der Waals surface area contributed by atoms with Gasteiger partial charge in [-0.15, -0.1) is 0 Å². The molecule has 2 aromatic rings. The molecular weight excluding hydrogens is 146 g/mol. The Kier molecular flexibility index (Phi) is 1.58. The van der Waals surface area contributed by atoms with Crippen LogP contribution in [0.25, 0.3) is 11.1 Å². The first-order valence-corrected chi connectivity index (χ1v) is 3.83. The van der Waals surface area contributed by atoms with Crippen molar-refractivity contribution in [3.05, 3.63) is 54.8 Å². The summed E-state index contributed by atoms with van der Waals surface area (Å²) in [6.07, 6.45) is 3.31. The summed E-state index contributed by atoms with van der Waals surface area (Å²) in [6.45, 7) is 0. The van der Waals surface area contributed by atoms with Gasteiger partial charge in [0.15, 0.2) is 0 Å². The summed E-state index contributed by atoms with van der Waals surface area (Å²) in [5.41, 5.74) is 2.09. The molecule has 0 aliphatic heterocycles. The molecule has 12 heavy (non-hydrogen) atoms. The highest BCUT2D eigenvalue weighted by Crippen LogP contribution is 2.16. The summed E-state index contributed by atoms with van der Waals surface area (Å²) in [6, 6.07) is 12.2. The number of nitrogens with zero attached hydrogens (tertiary/aromatic N) is 1. The molecule has 0 aliphatic rings. The standard InChI is InChI=1S/C11H9N/c1-2-5-10(6-3-1)11-7-4-8-12-9-11/h1-9H/i4D. The fourth-order valence-electron chi connectivity index (χ4n) is 1.11. The molecule has 0 spiro atoms. The second kappa shape index (κ2) is 3.18. The van der Waals surface area contributed by atoms with E-state index < -0.39 is 0 Å². The van der Waals surface area contributed by atoms with E-state index >= 15 is 0 Å². The Labute approximate surface area is 73.1 Å². The zero-order valence-electron chi connectivity index (χ0n) is 7.57. The van der Waals surface area contributed by atoms with Crippen molar-refractivity contribution < 1.29 is 1.37 Å². The van der Waals surface area contributed by atoms with Crippen LogP contribution in [0, 0.1) is 0 Å². The van der Waals surface area contributed by atoms with Crippen LogP contribution in [-0.4, -0.2) is 4.98 Å². The Morgan fingerprint density at radius 3 is 2.58 bits per heavy atom. The predicted molar refractivity (Wildman–Crippen MR) is 49.7 cm³/mol. The highest BCUT2D eigenvalue weighted by atomic mass is 14.6. The summed E-state index contributed by atoms with van der Waals surface area (Å²) in [5, 5.41) is 0. The van der Waals surface area contributed by atoms with Crippen LogP contribution >= 0.6 is 0 Å². The highest BCUT2D eigenvalue weighted by molar-refractivity contribution is 5.61. The molecule has 0 radical (unpaired) electrons. The van der Waals surface area contributed by atoms with Crippen molar-refractivity contribution in [2.45, 2.75) is 0 Å². The lowest BCUT2D eigenvalue weighted by molar-refractivity contribution is 1.33. The lowest BCUT2D eigenvalue weighted by Crippen LogP contribution is -1.76. The van der Waals surface area contributed by atoms with Gasteiger partial charge in [0.25, 0.3) is 0 Å². The van der Waals surface area contributed by atoms with E-state index in [1.807, 2.05) is 36.4 Å². The number of benzene rings is 1. The second-order valence-corrected chi connectivity index (χ2v) is 2.54. The molecule has 0 bridgehead atoms. The summed E-state index contributed by atoms with van der Waals surface area (Å²) >= 11 is 0. The monoisotopic (exact) mass is 156 g/mol. The molecule has 0 saturated heterocycles. The number of hydrogen-bond donors (Lipinski definition) is 0. The zero-order valence-corrected chi connectivity index (χ0v) is 6.57. The first-order chi connectivity index (χ1) is 6.36. The maximum Gasteiger partial charge on any atom is 0.0639 e. The van der Waals surface area contributed by atoms with E-state index in [0.29, 0.717) is 6.04 Å². The molecule has 0 amide bonds. The first kappa shape index (κ1) is 5.95. The molecule has 0 fully saturated rings. The number of rotatable bonds is 1. The highest BCUT2D eigenvalue weighted by Gasteiger charge is 1.92. The Morgan fingerprint density at radius 1 is 1.00 bits per heavy atom. The van der Waals surface area contributed by atoms with Gasteiger partial charge in [0.05, 0.1) is 1.37 Å². The van der Waals surface area contributed by atoms with Gasteiger partial charge in [0.2, 0.25) is 0 Å². The molecule has 1 aromatic heterocycles. The summed E-state index contributed by atoms with van der Waals surface area (Å²) in [7, 11) is 0. The third-order valence-corrected chi connectivity index (χ3v) is 1.71. The van der Waals surface area contributed by atoms with E-state index in [1.54, 1.807) is 6.20 Å². The Bertz CT molecular complexity index is 398. The Balaban J connectivity index is 2.48. The van der Waals surface area contributed by atoms with Crippen LogP contribution in [0.2, 0.25) is 0 Å². The molecule has 1 heteroatoms. The van der Waals surface area contributed by atoms with Crippen LogP contribution in [-0.2, 0) is 0 Å². The van der Waals surface area contributed by atoms with Crippen LogP contribution in [0.5, 0.6) is 0 Å². The fraction of sp³-hybridized carbons (Fsp3) is 0. The van der Waals surface area contributed by atoms with E-state index in [1.165, 1.54) is 6.20 Å². The number of aromatic nitrogens is 1. The van der Waals surface area contributed by atoms with Crippen molar-refractivity contribution in [2.75, 3.05) is 0 Å². The third kappa shape index (κ3) is 1.35. The van der Waals surface area contributed by atoms with Crippen LogP contribution in [0.1, 0.15) is 1.37 Å². The van der Waals surface area contributed by atoms with Gasteiger partial charge >= 0.3 is 0 Å². The minimum atomic E-state index is 0.446. The van der Waals surface area contributed by atoms with Crippen molar-refractivity contribution in [1.29, 1.82) is 0 Å². The average Bonchev–Trinajstić information content (AvgIpc) is 2.19. The van der Waals surface area contributed by atoms with Crippen molar-refractivity contribution in [3.63, 3.8) is 0 Å². The molecule has 2 rings (SSSR count). The summed E-state index contributed by atoms with van der Waals surface area (Å²) in [4.78, 5) is 3.97. The van der Waals surface area contributed by atoms with Gasteiger partial charge in [-0.05, 0) is 17.2 Å². The molecule has 58 valence electrons. The normalized spacial score (nSPS) is 10.8. The summed E-state index contributed by atoms with van der Waals surface area (Å²) < 4.78 is 7.42. The summed E-state index contributed by atoms with van der Waals surface area (Å²) in [5.74, 6) is 0. The fourth-order valence-corrected chi connectivity index (χ4v) is 1.11. The van der Waals surface area contributed by atoms with Gasteiger partial charge in [-0.3, -0.25) is 4.98 Å². The van der Waals surface area contributed by atoms with Gasteiger partial charge in [-0.25, -0.2) is 0 Å². The van der Waals surface area contributed by atoms with Crippen LogP contribution in [0.15, 0.2) is 54.8 Å². The van der Waals surface area contributed by atoms with Crippen molar-refractivity contribution in [2.24, 2.45) is 0 Å². The van der Waals surface area contributed by atoms with Gasteiger partial charge < -0.3 is 0 Å². The smallest absolute Gasteiger partial charge is 0.0639 e. The van der Waals surface area contributed by atoms with Gasteiger partial charge in [0, 0.05) is 12.4 Å². The van der Waals surface area contributed by atoms with Gasteiger partial charge in [0.1, 0.15) is 0 Å². The third-order valence-electron chi connectivity index (χ3n) is 1.71. The zero-order chi connectivity index (χ0) is 9.10. The maximum atomic E-state index is 7.42. The molecular formula is C11H9N. The molecule has 0 N–H and O–H groups in total. The molecule has 0 unspecified atom stereocenters. The minimum absolute atomic E-state index is 0.446. The predicted octanol–water partition coefficient (Wildman–Crippen LogP) is 2.75. The quantitative estimate of drug-likeness (QED) is 0.618. The largest absolute Gasteiger partial charge is 0.264 e. The van der Waals surface area contributed by atoms with E-state index in [4.69, 9.17) is 1.37 Å². The molecule has 1 nitrogen and oxygen atoms in total. The molecule has 0 atom stereocenters. The minimum Gasteiger partial charge on any atom is -0.264 e. The topological polar surface area (TPSA) is 12.9 Å². The van der Waals surface area contributed by atoms with E-state index in [-0.39, 0.29) is 0 Å². The average molecular weight is 156 g/mol.